The molecule has 2 saturated heterocycles. The first-order chi connectivity index (χ1) is 14.7. The van der Waals surface area contributed by atoms with Gasteiger partial charge in [-0.3, -0.25) is 19.4 Å². The zero-order chi connectivity index (χ0) is 21.0. The molecule has 8 nitrogen and oxygen atoms in total. The van der Waals surface area contributed by atoms with Crippen LogP contribution in [-0.2, 0) is 28.5 Å². The Hall–Kier alpha value is -1.22. The van der Waals surface area contributed by atoms with Gasteiger partial charge in [-0.15, -0.1) is 0 Å². The Kier molecular flexibility index (Phi) is 10.4. The molecule has 1 saturated carbocycles. The molecule has 0 aromatic rings. The van der Waals surface area contributed by atoms with Crippen LogP contribution in [0.4, 0.5) is 0 Å². The van der Waals surface area contributed by atoms with Crippen LogP contribution >= 0.6 is 0 Å². The Labute approximate surface area is 180 Å². The molecule has 0 aromatic carbocycles. The van der Waals surface area contributed by atoms with E-state index in [4.69, 9.17) is 18.9 Å². The number of rotatable bonds is 12. The van der Waals surface area contributed by atoms with E-state index >= 15 is 0 Å². The van der Waals surface area contributed by atoms with E-state index in [1.165, 1.54) is 0 Å². The fourth-order valence-corrected chi connectivity index (χ4v) is 4.11. The van der Waals surface area contributed by atoms with E-state index in [9.17, 15) is 9.59 Å². The number of carbonyl (C=O) groups is 2. The molecule has 3 rings (SSSR count). The minimum absolute atomic E-state index is 0.136. The van der Waals surface area contributed by atoms with Crippen molar-refractivity contribution >= 4 is 11.9 Å². The van der Waals surface area contributed by atoms with Gasteiger partial charge in [0.2, 0.25) is 0 Å². The highest BCUT2D eigenvalue weighted by molar-refractivity contribution is 5.80. The molecule has 2 heterocycles. The lowest BCUT2D eigenvalue weighted by atomic mass is 9.75. The SMILES string of the molecule is O=C(OCCCCN1CCOCC1)C1CC(C(=O)OCCCCN2CCOCC2)C1. The van der Waals surface area contributed by atoms with Gasteiger partial charge < -0.3 is 18.9 Å². The zero-order valence-corrected chi connectivity index (χ0v) is 18.2. The Balaban J connectivity index is 1.14. The lowest BCUT2D eigenvalue weighted by Gasteiger charge is -2.31. The molecule has 0 radical (unpaired) electrons. The van der Waals surface area contributed by atoms with Crippen LogP contribution < -0.4 is 0 Å². The molecule has 0 spiro atoms. The third-order valence-electron chi connectivity index (χ3n) is 6.24. The summed E-state index contributed by atoms with van der Waals surface area (Å²) >= 11 is 0. The van der Waals surface area contributed by atoms with Crippen LogP contribution in [0.15, 0.2) is 0 Å². The second kappa shape index (κ2) is 13.2. The van der Waals surface area contributed by atoms with Crippen LogP contribution in [-0.4, -0.2) is 101 Å². The van der Waals surface area contributed by atoms with Gasteiger partial charge in [-0.1, -0.05) is 0 Å². The number of esters is 2. The standard InChI is InChI=1S/C22H38N2O6/c25-21(29-11-3-1-5-23-7-13-27-14-8-23)19-17-20(18-19)22(26)30-12-4-2-6-24-9-15-28-16-10-24/h19-20H,1-18H2. The molecule has 0 amide bonds. The largest absolute Gasteiger partial charge is 0.465 e. The molecule has 8 heteroatoms. The lowest BCUT2D eigenvalue weighted by molar-refractivity contribution is -0.161. The molecular weight excluding hydrogens is 388 g/mol. The number of morpholine rings is 2. The number of ether oxygens (including phenoxy) is 4. The molecule has 3 aliphatic rings. The highest BCUT2D eigenvalue weighted by Gasteiger charge is 2.40. The van der Waals surface area contributed by atoms with Crippen LogP contribution in [0.5, 0.6) is 0 Å². The number of nitrogens with zero attached hydrogens (tertiary/aromatic N) is 2. The second-order valence-corrected chi connectivity index (χ2v) is 8.52. The Bertz CT molecular complexity index is 470. The van der Waals surface area contributed by atoms with Crippen molar-refractivity contribution < 1.29 is 28.5 Å². The van der Waals surface area contributed by atoms with E-state index in [0.29, 0.717) is 26.1 Å². The second-order valence-electron chi connectivity index (χ2n) is 8.52. The van der Waals surface area contributed by atoms with Gasteiger partial charge >= 0.3 is 11.9 Å². The van der Waals surface area contributed by atoms with Crippen molar-refractivity contribution in [3.8, 4) is 0 Å². The topological polar surface area (TPSA) is 77.5 Å². The number of hydrogen-bond acceptors (Lipinski definition) is 8. The molecule has 2 aliphatic heterocycles. The summed E-state index contributed by atoms with van der Waals surface area (Å²) in [4.78, 5) is 29.0. The summed E-state index contributed by atoms with van der Waals surface area (Å²) in [6, 6.07) is 0. The van der Waals surface area contributed by atoms with Gasteiger partial charge in [0.25, 0.3) is 0 Å². The van der Waals surface area contributed by atoms with Crippen molar-refractivity contribution in [2.75, 3.05) is 78.9 Å². The average Bonchev–Trinajstić information content (AvgIpc) is 2.74. The van der Waals surface area contributed by atoms with E-state index in [2.05, 4.69) is 9.80 Å². The van der Waals surface area contributed by atoms with Crippen molar-refractivity contribution in [3.05, 3.63) is 0 Å². The summed E-state index contributed by atoms with van der Waals surface area (Å²) in [5.74, 6) is -0.585. The molecule has 172 valence electrons. The molecule has 0 N–H and O–H groups in total. The Morgan fingerprint density at radius 3 is 1.47 bits per heavy atom. The maximum Gasteiger partial charge on any atom is 0.308 e. The number of hydrogen-bond donors (Lipinski definition) is 0. The van der Waals surface area contributed by atoms with Crippen LogP contribution in [0, 0.1) is 11.8 Å². The lowest BCUT2D eigenvalue weighted by Crippen LogP contribution is -2.38. The summed E-state index contributed by atoms with van der Waals surface area (Å²) in [6.07, 6.45) is 4.95. The molecule has 0 unspecified atom stereocenters. The van der Waals surface area contributed by atoms with Crippen LogP contribution in [0.1, 0.15) is 38.5 Å². The fraction of sp³-hybridized carbons (Fsp3) is 0.909. The first-order valence-electron chi connectivity index (χ1n) is 11.7. The number of unbranched alkanes of at least 4 members (excludes halogenated alkanes) is 2. The van der Waals surface area contributed by atoms with Gasteiger partial charge in [-0.2, -0.15) is 0 Å². The van der Waals surface area contributed by atoms with Crippen molar-refractivity contribution in [3.63, 3.8) is 0 Å². The van der Waals surface area contributed by atoms with E-state index in [0.717, 1.165) is 91.4 Å². The summed E-state index contributed by atoms with van der Waals surface area (Å²) in [7, 11) is 0. The average molecular weight is 427 g/mol. The molecule has 30 heavy (non-hydrogen) atoms. The van der Waals surface area contributed by atoms with Gasteiger partial charge in [0.05, 0.1) is 51.5 Å². The zero-order valence-electron chi connectivity index (χ0n) is 18.2. The smallest absolute Gasteiger partial charge is 0.308 e. The molecule has 1 aliphatic carbocycles. The van der Waals surface area contributed by atoms with E-state index in [1.54, 1.807) is 0 Å². The molecule has 0 atom stereocenters. The summed E-state index contributed by atoms with van der Waals surface area (Å²) in [5.41, 5.74) is 0. The molecular formula is C22H38N2O6. The van der Waals surface area contributed by atoms with Crippen LogP contribution in [0.25, 0.3) is 0 Å². The van der Waals surface area contributed by atoms with Crippen LogP contribution in [0.2, 0.25) is 0 Å². The van der Waals surface area contributed by atoms with E-state index in [1.807, 2.05) is 0 Å². The van der Waals surface area contributed by atoms with Crippen molar-refractivity contribution in [2.45, 2.75) is 38.5 Å². The predicted molar refractivity (Wildman–Crippen MR) is 111 cm³/mol. The maximum atomic E-state index is 12.1. The highest BCUT2D eigenvalue weighted by Crippen LogP contribution is 2.35. The summed E-state index contributed by atoms with van der Waals surface area (Å²) in [6.45, 7) is 10.2. The maximum absolute atomic E-state index is 12.1. The summed E-state index contributed by atoms with van der Waals surface area (Å²) < 4.78 is 21.4. The molecule has 3 fully saturated rings. The normalized spacial score (nSPS) is 25.5. The Morgan fingerprint density at radius 2 is 1.07 bits per heavy atom. The van der Waals surface area contributed by atoms with Crippen molar-refractivity contribution in [1.82, 2.24) is 9.80 Å². The van der Waals surface area contributed by atoms with Crippen molar-refractivity contribution in [2.24, 2.45) is 11.8 Å². The van der Waals surface area contributed by atoms with E-state index in [-0.39, 0.29) is 23.8 Å². The van der Waals surface area contributed by atoms with Crippen molar-refractivity contribution in [1.29, 1.82) is 0 Å². The Morgan fingerprint density at radius 1 is 0.667 bits per heavy atom. The summed E-state index contributed by atoms with van der Waals surface area (Å²) in [5, 5.41) is 0. The third kappa shape index (κ3) is 8.13. The predicted octanol–water partition coefficient (Wildman–Crippen LogP) is 1.32. The van der Waals surface area contributed by atoms with E-state index < -0.39 is 0 Å². The minimum Gasteiger partial charge on any atom is -0.465 e. The van der Waals surface area contributed by atoms with Crippen LogP contribution in [0.3, 0.4) is 0 Å². The minimum atomic E-state index is -0.157. The fourth-order valence-electron chi connectivity index (χ4n) is 4.11. The van der Waals surface area contributed by atoms with Gasteiger partial charge in [-0.25, -0.2) is 0 Å². The quantitative estimate of drug-likeness (QED) is 0.342. The third-order valence-corrected chi connectivity index (χ3v) is 6.24. The number of carbonyl (C=O) groups excluding carboxylic acids is 2. The van der Waals surface area contributed by atoms with Gasteiger partial charge in [0.15, 0.2) is 0 Å². The molecule has 0 bridgehead atoms. The van der Waals surface area contributed by atoms with Gasteiger partial charge in [-0.05, 0) is 51.6 Å². The van der Waals surface area contributed by atoms with Gasteiger partial charge in [0.1, 0.15) is 0 Å². The first kappa shape index (κ1) is 23.4. The monoisotopic (exact) mass is 426 g/mol. The first-order valence-corrected chi connectivity index (χ1v) is 11.7. The molecule has 0 aromatic heterocycles. The highest BCUT2D eigenvalue weighted by atomic mass is 16.5. The van der Waals surface area contributed by atoms with Gasteiger partial charge in [0, 0.05) is 26.2 Å².